The highest BCUT2D eigenvalue weighted by Gasteiger charge is 2.16. The Labute approximate surface area is 78.8 Å². The van der Waals surface area contributed by atoms with Crippen molar-refractivity contribution in [3.63, 3.8) is 0 Å². The average molecular weight is 186 g/mol. The minimum Gasteiger partial charge on any atom is -0.480 e. The van der Waals surface area contributed by atoms with Crippen molar-refractivity contribution in [2.45, 2.75) is 44.7 Å². The molecule has 3 N–H and O–H groups in total. The van der Waals surface area contributed by atoms with E-state index in [-0.39, 0.29) is 5.54 Å². The van der Waals surface area contributed by atoms with Gasteiger partial charge < -0.3 is 10.8 Å². The van der Waals surface area contributed by atoms with E-state index >= 15 is 0 Å². The van der Waals surface area contributed by atoms with Gasteiger partial charge in [-0.05, 0) is 39.8 Å². The van der Waals surface area contributed by atoms with Crippen LogP contribution in [0.4, 0.5) is 0 Å². The van der Waals surface area contributed by atoms with Gasteiger partial charge in [0.25, 0.3) is 0 Å². The molecule has 0 rings (SSSR count). The molecule has 1 atom stereocenters. The van der Waals surface area contributed by atoms with Gasteiger partial charge in [-0.2, -0.15) is 0 Å². The molecule has 0 aromatic rings. The molecule has 0 bridgehead atoms. The number of hydrogen-bond donors (Lipinski definition) is 2. The van der Waals surface area contributed by atoms with E-state index in [1.807, 2.05) is 13.8 Å². The van der Waals surface area contributed by atoms with Gasteiger partial charge in [-0.15, -0.1) is 0 Å². The Morgan fingerprint density at radius 1 is 1.69 bits per heavy atom. The lowest BCUT2D eigenvalue weighted by Crippen LogP contribution is -2.32. The number of nitrogens with two attached hydrogens (primary N) is 1. The second-order valence-electron chi connectivity index (χ2n) is 3.92. The molecule has 0 radical (unpaired) electrons. The lowest BCUT2D eigenvalue weighted by atomic mass is 9.97. The zero-order valence-electron chi connectivity index (χ0n) is 8.29. The van der Waals surface area contributed by atoms with E-state index in [1.54, 1.807) is 0 Å². The minimum atomic E-state index is -0.912. The van der Waals surface area contributed by atoms with Crippen LogP contribution in [0.2, 0.25) is 0 Å². The van der Waals surface area contributed by atoms with E-state index in [1.165, 1.54) is 0 Å². The summed E-state index contributed by atoms with van der Waals surface area (Å²) in [5, 5.41) is 8.64. The molecule has 0 saturated heterocycles. The van der Waals surface area contributed by atoms with Crippen molar-refractivity contribution < 1.29 is 9.90 Å². The first kappa shape index (κ1) is 12.1. The maximum Gasteiger partial charge on any atom is 0.328 e. The van der Waals surface area contributed by atoms with Gasteiger partial charge in [-0.25, -0.2) is 4.79 Å². The second kappa shape index (κ2) is 4.97. The van der Waals surface area contributed by atoms with Crippen LogP contribution >= 0.6 is 0 Å². The van der Waals surface area contributed by atoms with Crippen LogP contribution in [0.15, 0.2) is 4.99 Å². The van der Waals surface area contributed by atoms with Crippen molar-refractivity contribution >= 4 is 12.7 Å². The number of carbonyl (C=O) groups is 1. The zero-order chi connectivity index (χ0) is 10.5. The molecule has 0 aromatic carbocycles. The molecular formula is C9H18N2O2. The number of aliphatic imine (C=N–C) groups is 1. The molecule has 0 unspecified atom stereocenters. The molecule has 0 saturated carbocycles. The Balaban J connectivity index is 3.74. The number of carboxylic acid groups (broad SMARTS) is 1. The molecular weight excluding hydrogens is 168 g/mol. The van der Waals surface area contributed by atoms with Gasteiger partial charge in [0.1, 0.15) is 6.04 Å². The van der Waals surface area contributed by atoms with Crippen molar-refractivity contribution in [2.24, 2.45) is 10.7 Å². The van der Waals surface area contributed by atoms with Crippen LogP contribution in [-0.2, 0) is 4.79 Å². The summed E-state index contributed by atoms with van der Waals surface area (Å²) in [5.41, 5.74) is 5.51. The Morgan fingerprint density at radius 2 is 2.23 bits per heavy atom. The Kier molecular flexibility index (Phi) is 4.62. The fourth-order valence-corrected chi connectivity index (χ4v) is 1.04. The first-order chi connectivity index (χ1) is 5.87. The van der Waals surface area contributed by atoms with Crippen molar-refractivity contribution in [1.82, 2.24) is 0 Å². The molecule has 0 fully saturated rings. The summed E-state index contributed by atoms with van der Waals surface area (Å²) in [5.74, 6) is -0.912. The first-order valence-corrected chi connectivity index (χ1v) is 4.34. The highest BCUT2D eigenvalue weighted by atomic mass is 16.4. The highest BCUT2D eigenvalue weighted by molar-refractivity contribution is 5.74. The monoisotopic (exact) mass is 186 g/mol. The zero-order valence-corrected chi connectivity index (χ0v) is 8.29. The number of hydrogen-bond acceptors (Lipinski definition) is 3. The van der Waals surface area contributed by atoms with Crippen LogP contribution < -0.4 is 5.73 Å². The van der Waals surface area contributed by atoms with Crippen molar-refractivity contribution in [3.8, 4) is 0 Å². The van der Waals surface area contributed by atoms with Crippen LogP contribution in [-0.4, -0.2) is 29.4 Å². The topological polar surface area (TPSA) is 75.7 Å². The van der Waals surface area contributed by atoms with Crippen LogP contribution in [0.1, 0.15) is 33.1 Å². The summed E-state index contributed by atoms with van der Waals surface area (Å²) in [4.78, 5) is 14.0. The minimum absolute atomic E-state index is 0.232. The second-order valence-corrected chi connectivity index (χ2v) is 3.92. The number of rotatable bonds is 6. The van der Waals surface area contributed by atoms with E-state index in [9.17, 15) is 4.79 Å². The molecule has 4 nitrogen and oxygen atoms in total. The lowest BCUT2D eigenvalue weighted by Gasteiger charge is -2.18. The van der Waals surface area contributed by atoms with E-state index in [4.69, 9.17) is 10.8 Å². The van der Waals surface area contributed by atoms with Crippen molar-refractivity contribution in [2.75, 3.05) is 0 Å². The lowest BCUT2D eigenvalue weighted by molar-refractivity contribution is -0.138. The predicted molar refractivity (Wildman–Crippen MR) is 53.1 cm³/mol. The predicted octanol–water partition coefficient (Wildman–Crippen LogP) is 1.05. The Hall–Kier alpha value is -0.900. The molecule has 0 aliphatic carbocycles. The molecule has 4 heteroatoms. The third-order valence-corrected chi connectivity index (χ3v) is 1.80. The molecule has 0 aliphatic rings. The average Bonchev–Trinajstić information content (AvgIpc) is 1.95. The van der Waals surface area contributed by atoms with Gasteiger partial charge in [-0.3, -0.25) is 4.99 Å². The van der Waals surface area contributed by atoms with Gasteiger partial charge in [0.05, 0.1) is 0 Å². The fourth-order valence-electron chi connectivity index (χ4n) is 1.04. The molecule has 0 aliphatic heterocycles. The maximum atomic E-state index is 10.5. The third kappa shape index (κ3) is 6.28. The fraction of sp³-hybridized carbons (Fsp3) is 0.778. The highest BCUT2D eigenvalue weighted by Crippen LogP contribution is 2.12. The van der Waals surface area contributed by atoms with E-state index < -0.39 is 12.0 Å². The van der Waals surface area contributed by atoms with Gasteiger partial charge in [-0.1, -0.05) is 0 Å². The van der Waals surface area contributed by atoms with Crippen LogP contribution in [0.3, 0.4) is 0 Å². The number of aliphatic carboxylic acids is 1. The summed E-state index contributed by atoms with van der Waals surface area (Å²) < 4.78 is 0. The Bertz CT molecular complexity index is 185. The van der Waals surface area contributed by atoms with Gasteiger partial charge in [0.15, 0.2) is 0 Å². The van der Waals surface area contributed by atoms with E-state index in [0.29, 0.717) is 6.42 Å². The summed E-state index contributed by atoms with van der Waals surface area (Å²) in [6.45, 7) is 7.08. The SMILES string of the molecule is C=N[C@@H](CCCC(C)(C)N)C(=O)O. The molecule has 13 heavy (non-hydrogen) atoms. The smallest absolute Gasteiger partial charge is 0.328 e. The van der Waals surface area contributed by atoms with Gasteiger partial charge in [0.2, 0.25) is 0 Å². The largest absolute Gasteiger partial charge is 0.480 e. The van der Waals surface area contributed by atoms with Crippen molar-refractivity contribution in [1.29, 1.82) is 0 Å². The summed E-state index contributed by atoms with van der Waals surface area (Å²) in [7, 11) is 0. The quantitative estimate of drug-likeness (QED) is 0.609. The third-order valence-electron chi connectivity index (χ3n) is 1.80. The number of carboxylic acids is 1. The summed E-state index contributed by atoms with van der Waals surface area (Å²) >= 11 is 0. The first-order valence-electron chi connectivity index (χ1n) is 4.34. The summed E-state index contributed by atoms with van der Waals surface area (Å²) in [6.07, 6.45) is 2.07. The normalized spacial score (nSPS) is 13.8. The van der Waals surface area contributed by atoms with Crippen LogP contribution in [0.25, 0.3) is 0 Å². The molecule has 0 spiro atoms. The maximum absolute atomic E-state index is 10.5. The van der Waals surface area contributed by atoms with E-state index in [2.05, 4.69) is 11.7 Å². The van der Waals surface area contributed by atoms with Crippen LogP contribution in [0, 0.1) is 0 Å². The molecule has 0 heterocycles. The molecule has 76 valence electrons. The Morgan fingerprint density at radius 3 is 2.54 bits per heavy atom. The van der Waals surface area contributed by atoms with Gasteiger partial charge >= 0.3 is 5.97 Å². The standard InChI is InChI=1S/C9H18N2O2/c1-9(2,10)6-4-5-7(11-3)8(12)13/h7H,3-6,10H2,1-2H3,(H,12,13)/t7-/m0/s1. The van der Waals surface area contributed by atoms with Crippen LogP contribution in [0.5, 0.6) is 0 Å². The summed E-state index contributed by atoms with van der Waals surface area (Å²) in [6, 6.07) is -0.678. The van der Waals surface area contributed by atoms with Gasteiger partial charge in [0, 0.05) is 5.54 Å². The molecule has 0 amide bonds. The van der Waals surface area contributed by atoms with Crippen molar-refractivity contribution in [3.05, 3.63) is 0 Å². The molecule has 0 aromatic heterocycles. The number of nitrogens with zero attached hydrogens (tertiary/aromatic N) is 1. The van der Waals surface area contributed by atoms with E-state index in [0.717, 1.165) is 12.8 Å².